The Morgan fingerprint density at radius 2 is 2.14 bits per heavy atom. The van der Waals surface area contributed by atoms with E-state index in [2.05, 4.69) is 15.9 Å². The quantitative estimate of drug-likeness (QED) is 0.746. The normalized spacial score (nSPS) is 12.6. The second kappa shape index (κ2) is 4.74. The highest BCUT2D eigenvalue weighted by atomic mass is 79.9. The lowest BCUT2D eigenvalue weighted by Crippen LogP contribution is -2.11. The second-order valence-electron chi connectivity index (χ2n) is 3.66. The van der Waals surface area contributed by atoms with Crippen LogP contribution in [0.15, 0.2) is 22.7 Å². The van der Waals surface area contributed by atoms with Crippen LogP contribution in [-0.4, -0.2) is 5.78 Å². The Bertz CT molecular complexity index is 344. The fraction of sp³-hybridized carbons (Fsp3) is 0.417. The molecule has 0 aromatic heterocycles. The smallest absolute Gasteiger partial charge is 0.166 e. The molecule has 0 aliphatic heterocycles. The molecule has 0 bridgehead atoms. The number of ketones is 1. The van der Waals surface area contributed by atoms with Crippen LogP contribution in [0.4, 0.5) is 0 Å². The average Bonchev–Trinajstić information content (AvgIpc) is 2.19. The molecule has 1 rings (SSSR count). The maximum Gasteiger partial charge on any atom is 0.166 e. The van der Waals surface area contributed by atoms with E-state index in [0.29, 0.717) is 0 Å². The topological polar surface area (TPSA) is 17.1 Å². The number of hydrogen-bond donors (Lipinski definition) is 0. The SMILES string of the molecule is CCC(C)C(=O)c1cc(C)ccc1Br. The van der Waals surface area contributed by atoms with Gasteiger partial charge >= 0.3 is 0 Å². The van der Waals surface area contributed by atoms with Crippen LogP contribution in [0.3, 0.4) is 0 Å². The molecule has 1 aromatic rings. The molecule has 76 valence electrons. The Balaban J connectivity index is 3.06. The molecule has 0 N–H and O–H groups in total. The van der Waals surface area contributed by atoms with Gasteiger partial charge in [0.25, 0.3) is 0 Å². The summed E-state index contributed by atoms with van der Waals surface area (Å²) in [6.07, 6.45) is 0.888. The highest BCUT2D eigenvalue weighted by molar-refractivity contribution is 9.10. The van der Waals surface area contributed by atoms with Crippen LogP contribution in [0.2, 0.25) is 0 Å². The predicted octanol–water partition coefficient (Wildman–Crippen LogP) is 3.99. The summed E-state index contributed by atoms with van der Waals surface area (Å²) in [7, 11) is 0. The van der Waals surface area contributed by atoms with Crippen LogP contribution >= 0.6 is 15.9 Å². The summed E-state index contributed by atoms with van der Waals surface area (Å²) in [5.74, 6) is 0.330. The molecule has 0 aliphatic rings. The maximum atomic E-state index is 11.9. The molecule has 0 saturated carbocycles. The molecule has 1 unspecified atom stereocenters. The van der Waals surface area contributed by atoms with E-state index in [4.69, 9.17) is 0 Å². The molecule has 0 heterocycles. The molecule has 0 fully saturated rings. The monoisotopic (exact) mass is 254 g/mol. The molecular weight excluding hydrogens is 240 g/mol. The predicted molar refractivity (Wildman–Crippen MR) is 62.7 cm³/mol. The summed E-state index contributed by atoms with van der Waals surface area (Å²) in [4.78, 5) is 11.9. The van der Waals surface area contributed by atoms with Crippen molar-refractivity contribution in [2.45, 2.75) is 27.2 Å². The summed E-state index contributed by atoms with van der Waals surface area (Å²) in [5, 5.41) is 0. The lowest BCUT2D eigenvalue weighted by atomic mass is 9.96. The molecule has 0 amide bonds. The first kappa shape index (κ1) is 11.4. The highest BCUT2D eigenvalue weighted by Crippen LogP contribution is 2.22. The number of Topliss-reactive ketones (excluding diaryl/α,β-unsaturated/α-hetero) is 1. The zero-order valence-electron chi connectivity index (χ0n) is 8.80. The number of aryl methyl sites for hydroxylation is 1. The second-order valence-corrected chi connectivity index (χ2v) is 4.51. The van der Waals surface area contributed by atoms with Crippen LogP contribution in [0.1, 0.15) is 36.2 Å². The third-order valence-electron chi connectivity index (χ3n) is 2.45. The van der Waals surface area contributed by atoms with E-state index in [-0.39, 0.29) is 11.7 Å². The van der Waals surface area contributed by atoms with Crippen molar-refractivity contribution in [3.05, 3.63) is 33.8 Å². The van der Waals surface area contributed by atoms with Gasteiger partial charge in [-0.2, -0.15) is 0 Å². The van der Waals surface area contributed by atoms with E-state index >= 15 is 0 Å². The van der Waals surface area contributed by atoms with Crippen molar-refractivity contribution in [2.75, 3.05) is 0 Å². The van der Waals surface area contributed by atoms with Crippen LogP contribution in [0.5, 0.6) is 0 Å². The Labute approximate surface area is 93.7 Å². The lowest BCUT2D eigenvalue weighted by molar-refractivity contribution is 0.0926. The van der Waals surface area contributed by atoms with E-state index in [0.717, 1.165) is 22.0 Å². The number of carbonyl (C=O) groups excluding carboxylic acids is 1. The zero-order valence-corrected chi connectivity index (χ0v) is 10.4. The van der Waals surface area contributed by atoms with Gasteiger partial charge in [-0.15, -0.1) is 0 Å². The van der Waals surface area contributed by atoms with Crippen molar-refractivity contribution in [3.8, 4) is 0 Å². The Morgan fingerprint density at radius 1 is 1.50 bits per heavy atom. The largest absolute Gasteiger partial charge is 0.294 e. The average molecular weight is 255 g/mol. The Kier molecular flexibility index (Phi) is 3.87. The van der Waals surface area contributed by atoms with E-state index in [1.807, 2.05) is 39.0 Å². The first-order valence-corrected chi connectivity index (χ1v) is 5.66. The fourth-order valence-electron chi connectivity index (χ4n) is 1.28. The minimum atomic E-state index is 0.105. The van der Waals surface area contributed by atoms with Crippen molar-refractivity contribution in [1.29, 1.82) is 0 Å². The number of hydrogen-bond acceptors (Lipinski definition) is 1. The van der Waals surface area contributed by atoms with Crippen LogP contribution in [-0.2, 0) is 0 Å². The van der Waals surface area contributed by atoms with E-state index in [1.54, 1.807) is 0 Å². The van der Waals surface area contributed by atoms with Crippen molar-refractivity contribution >= 4 is 21.7 Å². The van der Waals surface area contributed by atoms with Gasteiger partial charge in [0.15, 0.2) is 5.78 Å². The van der Waals surface area contributed by atoms with E-state index in [1.165, 1.54) is 0 Å². The third kappa shape index (κ3) is 2.44. The van der Waals surface area contributed by atoms with Crippen molar-refractivity contribution in [2.24, 2.45) is 5.92 Å². The molecule has 0 radical (unpaired) electrons. The lowest BCUT2D eigenvalue weighted by Gasteiger charge is -2.09. The minimum absolute atomic E-state index is 0.105. The molecule has 1 aromatic carbocycles. The molecule has 0 aliphatic carbocycles. The van der Waals surface area contributed by atoms with Gasteiger partial charge in [0, 0.05) is 16.0 Å². The fourth-order valence-corrected chi connectivity index (χ4v) is 1.72. The number of carbonyl (C=O) groups is 1. The van der Waals surface area contributed by atoms with Crippen molar-refractivity contribution in [3.63, 3.8) is 0 Å². The maximum absolute atomic E-state index is 11.9. The molecule has 0 spiro atoms. The van der Waals surface area contributed by atoms with Crippen molar-refractivity contribution in [1.82, 2.24) is 0 Å². The van der Waals surface area contributed by atoms with Gasteiger partial charge < -0.3 is 0 Å². The first-order valence-electron chi connectivity index (χ1n) is 4.86. The van der Waals surface area contributed by atoms with Crippen LogP contribution in [0, 0.1) is 12.8 Å². The van der Waals surface area contributed by atoms with Gasteiger partial charge in [0.05, 0.1) is 0 Å². The zero-order chi connectivity index (χ0) is 10.7. The summed E-state index contributed by atoms with van der Waals surface area (Å²) < 4.78 is 0.897. The van der Waals surface area contributed by atoms with Gasteiger partial charge in [-0.3, -0.25) is 4.79 Å². The van der Waals surface area contributed by atoms with Gasteiger partial charge in [0.2, 0.25) is 0 Å². The number of benzene rings is 1. The summed E-state index contributed by atoms with van der Waals surface area (Å²) in [6.45, 7) is 6.00. The standard InChI is InChI=1S/C12H15BrO/c1-4-9(3)12(14)10-7-8(2)5-6-11(10)13/h5-7,9H,4H2,1-3H3. The first-order chi connectivity index (χ1) is 6.56. The summed E-state index contributed by atoms with van der Waals surface area (Å²) in [6, 6.07) is 5.88. The molecule has 2 heteroatoms. The van der Waals surface area contributed by atoms with Gasteiger partial charge in [-0.25, -0.2) is 0 Å². The highest BCUT2D eigenvalue weighted by Gasteiger charge is 2.15. The van der Waals surface area contributed by atoms with Gasteiger partial charge in [0.1, 0.15) is 0 Å². The molecule has 1 atom stereocenters. The molecule has 14 heavy (non-hydrogen) atoms. The number of rotatable bonds is 3. The van der Waals surface area contributed by atoms with E-state index in [9.17, 15) is 4.79 Å². The summed E-state index contributed by atoms with van der Waals surface area (Å²) in [5.41, 5.74) is 1.93. The van der Waals surface area contributed by atoms with Gasteiger partial charge in [-0.1, -0.05) is 41.4 Å². The third-order valence-corrected chi connectivity index (χ3v) is 3.14. The Hall–Kier alpha value is -0.630. The molecular formula is C12H15BrO. The Morgan fingerprint density at radius 3 is 2.71 bits per heavy atom. The van der Waals surface area contributed by atoms with Crippen LogP contribution in [0.25, 0.3) is 0 Å². The molecule has 0 saturated heterocycles. The van der Waals surface area contributed by atoms with E-state index < -0.39 is 0 Å². The minimum Gasteiger partial charge on any atom is -0.294 e. The summed E-state index contributed by atoms with van der Waals surface area (Å²) >= 11 is 3.41. The molecule has 1 nitrogen and oxygen atoms in total. The van der Waals surface area contributed by atoms with Gasteiger partial charge in [-0.05, 0) is 25.5 Å². The van der Waals surface area contributed by atoms with Crippen molar-refractivity contribution < 1.29 is 4.79 Å². The number of halogens is 1. The van der Waals surface area contributed by atoms with Crippen LogP contribution < -0.4 is 0 Å².